The molecule has 2 amide bonds. The van der Waals surface area contributed by atoms with Gasteiger partial charge in [-0.25, -0.2) is 4.79 Å². The van der Waals surface area contributed by atoms with Crippen LogP contribution in [0.25, 0.3) is 0 Å². The second-order valence-electron chi connectivity index (χ2n) is 7.35. The van der Waals surface area contributed by atoms with E-state index in [0.29, 0.717) is 5.02 Å². The molecular weight excluding hydrogens is 322 g/mol. The Balaban J connectivity index is 1.42. The Kier molecular flexibility index (Phi) is 6.01. The van der Waals surface area contributed by atoms with E-state index in [9.17, 15) is 4.79 Å². The minimum atomic E-state index is -0.0116. The maximum atomic E-state index is 12.4. The fourth-order valence-electron chi connectivity index (χ4n) is 3.70. The predicted octanol–water partition coefficient (Wildman–Crippen LogP) is 4.32. The van der Waals surface area contributed by atoms with Crippen molar-refractivity contribution in [2.75, 3.05) is 38.0 Å². The van der Waals surface area contributed by atoms with Gasteiger partial charge in [-0.2, -0.15) is 0 Å². The molecule has 0 spiro atoms. The predicted molar refractivity (Wildman–Crippen MR) is 99.6 cm³/mol. The molecule has 1 aromatic rings. The molecule has 2 aliphatic rings. The third-order valence-corrected chi connectivity index (χ3v) is 5.61. The number of amides is 2. The van der Waals surface area contributed by atoms with Crippen LogP contribution in [0.1, 0.15) is 32.6 Å². The first-order chi connectivity index (χ1) is 11.6. The van der Waals surface area contributed by atoms with Crippen molar-refractivity contribution in [3.63, 3.8) is 0 Å². The van der Waals surface area contributed by atoms with Crippen LogP contribution >= 0.6 is 11.6 Å². The molecule has 5 heteroatoms. The summed E-state index contributed by atoms with van der Waals surface area (Å²) in [6, 6.07) is 7.30. The molecular formula is C19H28ClN3O. The van der Waals surface area contributed by atoms with E-state index < -0.39 is 0 Å². The first kappa shape index (κ1) is 17.6. The zero-order valence-corrected chi connectivity index (χ0v) is 15.3. The van der Waals surface area contributed by atoms with Gasteiger partial charge in [0.25, 0.3) is 0 Å². The number of halogens is 1. The van der Waals surface area contributed by atoms with E-state index in [2.05, 4.69) is 17.1 Å². The smallest absolute Gasteiger partial charge is 0.321 e. The van der Waals surface area contributed by atoms with E-state index in [4.69, 9.17) is 11.6 Å². The third-order valence-electron chi connectivity index (χ3n) is 5.37. The average molecular weight is 350 g/mol. The molecule has 1 aromatic carbocycles. The summed E-state index contributed by atoms with van der Waals surface area (Å²) in [5.41, 5.74) is 0.761. The number of nitrogens with zero attached hydrogens (tertiary/aromatic N) is 2. The maximum absolute atomic E-state index is 12.4. The van der Waals surface area contributed by atoms with Gasteiger partial charge in [0.2, 0.25) is 0 Å². The molecule has 132 valence electrons. The Hall–Kier alpha value is -1.26. The zero-order valence-electron chi connectivity index (χ0n) is 14.5. The molecule has 24 heavy (non-hydrogen) atoms. The quantitative estimate of drug-likeness (QED) is 0.882. The van der Waals surface area contributed by atoms with Crippen LogP contribution in [0, 0.1) is 11.8 Å². The second kappa shape index (κ2) is 8.21. The minimum Gasteiger partial charge on any atom is -0.325 e. The van der Waals surface area contributed by atoms with E-state index in [1.165, 1.54) is 32.5 Å². The van der Waals surface area contributed by atoms with Crippen LogP contribution in [0.15, 0.2) is 24.3 Å². The molecule has 2 saturated heterocycles. The van der Waals surface area contributed by atoms with Crippen molar-refractivity contribution >= 4 is 23.3 Å². The number of anilines is 1. The van der Waals surface area contributed by atoms with E-state index in [-0.39, 0.29) is 6.03 Å². The van der Waals surface area contributed by atoms with Gasteiger partial charge in [-0.1, -0.05) is 24.6 Å². The lowest BCUT2D eigenvalue weighted by molar-refractivity contribution is 0.130. The van der Waals surface area contributed by atoms with Crippen LogP contribution in [-0.4, -0.2) is 48.6 Å². The summed E-state index contributed by atoms with van der Waals surface area (Å²) in [5, 5.41) is 3.59. The van der Waals surface area contributed by atoms with Crippen LogP contribution in [0.2, 0.25) is 5.02 Å². The summed E-state index contributed by atoms with van der Waals surface area (Å²) in [6.45, 7) is 7.75. The lowest BCUT2D eigenvalue weighted by Crippen LogP contribution is -2.44. The SMILES string of the molecule is CC1CCN(CC2CCN(C(=O)Nc3cccc(Cl)c3)CC2)CC1. The standard InChI is InChI=1S/C19H28ClN3O/c1-15-5-9-22(10-6-15)14-16-7-11-23(12-8-16)19(24)21-18-4-2-3-17(20)13-18/h2-4,13,15-16H,5-12,14H2,1H3,(H,21,24). The summed E-state index contributed by atoms with van der Waals surface area (Å²) in [4.78, 5) is 16.9. The number of hydrogen-bond donors (Lipinski definition) is 1. The molecule has 0 atom stereocenters. The fourth-order valence-corrected chi connectivity index (χ4v) is 3.89. The molecule has 0 bridgehead atoms. The van der Waals surface area contributed by atoms with Crippen LogP contribution in [0.3, 0.4) is 0 Å². The molecule has 0 unspecified atom stereocenters. The van der Waals surface area contributed by atoms with Crippen molar-refractivity contribution in [2.45, 2.75) is 32.6 Å². The second-order valence-corrected chi connectivity index (χ2v) is 7.79. The lowest BCUT2D eigenvalue weighted by Gasteiger charge is -2.37. The van der Waals surface area contributed by atoms with E-state index in [1.807, 2.05) is 23.1 Å². The highest BCUT2D eigenvalue weighted by atomic mass is 35.5. The fraction of sp³-hybridized carbons (Fsp3) is 0.632. The van der Waals surface area contributed by atoms with E-state index >= 15 is 0 Å². The number of urea groups is 1. The molecule has 2 heterocycles. The summed E-state index contributed by atoms with van der Waals surface area (Å²) < 4.78 is 0. The minimum absolute atomic E-state index is 0.0116. The highest BCUT2D eigenvalue weighted by Crippen LogP contribution is 2.23. The average Bonchev–Trinajstić information content (AvgIpc) is 2.57. The first-order valence-electron chi connectivity index (χ1n) is 9.14. The topological polar surface area (TPSA) is 35.6 Å². The van der Waals surface area contributed by atoms with Crippen molar-refractivity contribution < 1.29 is 4.79 Å². The van der Waals surface area contributed by atoms with Crippen LogP contribution in [0.4, 0.5) is 10.5 Å². The van der Waals surface area contributed by atoms with Gasteiger partial charge in [0.1, 0.15) is 0 Å². The molecule has 3 rings (SSSR count). The summed E-state index contributed by atoms with van der Waals surface area (Å²) in [7, 11) is 0. The molecule has 0 saturated carbocycles. The number of nitrogens with one attached hydrogen (secondary N) is 1. The first-order valence-corrected chi connectivity index (χ1v) is 9.52. The monoisotopic (exact) mass is 349 g/mol. The molecule has 4 nitrogen and oxygen atoms in total. The van der Waals surface area contributed by atoms with Gasteiger partial charge in [-0.05, 0) is 68.8 Å². The summed E-state index contributed by atoms with van der Waals surface area (Å²) in [6.07, 6.45) is 4.88. The number of carbonyl (C=O) groups excluding carboxylic acids is 1. The van der Waals surface area contributed by atoms with Crippen LogP contribution in [-0.2, 0) is 0 Å². The molecule has 0 aromatic heterocycles. The molecule has 2 aliphatic heterocycles. The number of piperidine rings is 2. The zero-order chi connectivity index (χ0) is 16.9. The van der Waals surface area contributed by atoms with Crippen molar-refractivity contribution in [3.8, 4) is 0 Å². The summed E-state index contributed by atoms with van der Waals surface area (Å²) in [5.74, 6) is 1.62. The molecule has 0 radical (unpaired) electrons. The van der Waals surface area contributed by atoms with Crippen molar-refractivity contribution in [1.29, 1.82) is 0 Å². The Labute approximate surface area is 150 Å². The van der Waals surface area contributed by atoms with E-state index in [0.717, 1.165) is 43.5 Å². The Morgan fingerprint density at radius 3 is 2.54 bits per heavy atom. The number of carbonyl (C=O) groups is 1. The Bertz CT molecular complexity index is 549. The van der Waals surface area contributed by atoms with Gasteiger partial charge >= 0.3 is 6.03 Å². The van der Waals surface area contributed by atoms with Crippen molar-refractivity contribution in [1.82, 2.24) is 9.80 Å². The maximum Gasteiger partial charge on any atom is 0.321 e. The molecule has 1 N–H and O–H groups in total. The number of likely N-dealkylation sites (tertiary alicyclic amines) is 2. The van der Waals surface area contributed by atoms with Gasteiger partial charge < -0.3 is 15.1 Å². The Morgan fingerprint density at radius 2 is 1.88 bits per heavy atom. The number of rotatable bonds is 3. The van der Waals surface area contributed by atoms with Gasteiger partial charge in [-0.3, -0.25) is 0 Å². The number of hydrogen-bond acceptors (Lipinski definition) is 2. The lowest BCUT2D eigenvalue weighted by atomic mass is 9.93. The van der Waals surface area contributed by atoms with Gasteiger partial charge in [0.15, 0.2) is 0 Å². The number of benzene rings is 1. The molecule has 2 fully saturated rings. The van der Waals surface area contributed by atoms with E-state index in [1.54, 1.807) is 6.07 Å². The van der Waals surface area contributed by atoms with Crippen LogP contribution in [0.5, 0.6) is 0 Å². The highest BCUT2D eigenvalue weighted by molar-refractivity contribution is 6.30. The Morgan fingerprint density at radius 1 is 1.17 bits per heavy atom. The highest BCUT2D eigenvalue weighted by Gasteiger charge is 2.25. The van der Waals surface area contributed by atoms with Crippen LogP contribution < -0.4 is 5.32 Å². The van der Waals surface area contributed by atoms with Crippen molar-refractivity contribution in [2.24, 2.45) is 11.8 Å². The van der Waals surface area contributed by atoms with Gasteiger partial charge in [-0.15, -0.1) is 0 Å². The summed E-state index contributed by atoms with van der Waals surface area (Å²) >= 11 is 5.97. The van der Waals surface area contributed by atoms with Gasteiger partial charge in [0, 0.05) is 30.3 Å². The molecule has 0 aliphatic carbocycles. The normalized spacial score (nSPS) is 21.0. The third kappa shape index (κ3) is 4.87. The van der Waals surface area contributed by atoms with Crippen molar-refractivity contribution in [3.05, 3.63) is 29.3 Å². The van der Waals surface area contributed by atoms with Gasteiger partial charge in [0.05, 0.1) is 0 Å². The largest absolute Gasteiger partial charge is 0.325 e.